The number of hydrogen-bond donors (Lipinski definition) is 6. The van der Waals surface area contributed by atoms with E-state index in [0.29, 0.717) is 22.5 Å². The SMILES string of the molecule is CC(=O)NCSC[C@H](NC(=O)[C@H](CCCS(=O)(=O)Cc1ccc(N=Nc2ccccc2)cc1)NC(=O)[C@@H](NC(=O)[C@@H](N)Cc1ccccc1)[C@@H](C)O)C(=O)OOC(=O)C(F)(F)F. The van der Waals surface area contributed by atoms with Crippen molar-refractivity contribution < 1.29 is 65.2 Å². The molecule has 0 radical (unpaired) electrons. The Hall–Kier alpha value is -5.91. The van der Waals surface area contributed by atoms with Gasteiger partial charge in [-0.1, -0.05) is 60.7 Å². The van der Waals surface area contributed by atoms with Crippen molar-refractivity contribution in [3.63, 3.8) is 0 Å². The molecule has 0 aliphatic heterocycles. The summed E-state index contributed by atoms with van der Waals surface area (Å²) >= 11 is 0.788. The van der Waals surface area contributed by atoms with Crippen molar-refractivity contribution >= 4 is 68.5 Å². The van der Waals surface area contributed by atoms with Gasteiger partial charge in [-0.05, 0) is 61.6 Å². The Morgan fingerprint density at radius 3 is 1.95 bits per heavy atom. The van der Waals surface area contributed by atoms with Crippen molar-refractivity contribution in [3.8, 4) is 0 Å². The number of amides is 4. The molecule has 3 aromatic carbocycles. The standard InChI is InChI=1S/C39H46F3N7O11S2/c1-24(50)33(47-34(52)30(43)20-26-10-5-3-6-11-26)36(54)45-31(35(53)46-32(21-61-23-44-25(2)51)37(55)59-60-38(56)39(40,41)42)14-9-19-62(57,58)22-27-15-17-29(18-16-27)49-48-28-12-7-4-8-13-28/h3-8,10-13,15-18,24,30-33,50H,9,14,19-23,43H2,1-2H3,(H,44,51)(H,45,54)(H,46,53)(H,47,52)/t24-,30+,31+,32+,33+/m1/s1. The predicted molar refractivity (Wildman–Crippen MR) is 219 cm³/mol. The number of halogens is 3. The average molecular weight is 910 g/mol. The molecule has 4 amide bonds. The number of nitrogens with two attached hydrogens (primary N) is 1. The molecule has 336 valence electrons. The summed E-state index contributed by atoms with van der Waals surface area (Å²) in [5.74, 6) is -9.83. The number of sulfone groups is 1. The fourth-order valence-electron chi connectivity index (χ4n) is 5.21. The maximum atomic E-state index is 13.7. The zero-order valence-corrected chi connectivity index (χ0v) is 35.0. The number of hydrogen-bond acceptors (Lipinski definition) is 15. The van der Waals surface area contributed by atoms with Crippen molar-refractivity contribution in [2.24, 2.45) is 16.0 Å². The fraction of sp³-hybridized carbons (Fsp3) is 0.385. The van der Waals surface area contributed by atoms with Crippen LogP contribution in [-0.2, 0) is 60.6 Å². The number of benzene rings is 3. The lowest BCUT2D eigenvalue weighted by atomic mass is 10.0. The Morgan fingerprint density at radius 1 is 0.790 bits per heavy atom. The van der Waals surface area contributed by atoms with Gasteiger partial charge in [0.15, 0.2) is 9.84 Å². The number of thioether (sulfide) groups is 1. The van der Waals surface area contributed by atoms with Gasteiger partial charge in [0.1, 0.15) is 18.1 Å². The highest BCUT2D eigenvalue weighted by atomic mass is 32.2. The second-order valence-electron chi connectivity index (χ2n) is 13.6. The zero-order chi connectivity index (χ0) is 45.9. The Balaban J connectivity index is 1.79. The highest BCUT2D eigenvalue weighted by Crippen LogP contribution is 2.20. The summed E-state index contributed by atoms with van der Waals surface area (Å²) in [4.78, 5) is 83.3. The van der Waals surface area contributed by atoms with Crippen LogP contribution < -0.4 is 27.0 Å². The first kappa shape index (κ1) is 50.4. The van der Waals surface area contributed by atoms with Crippen LogP contribution in [0.3, 0.4) is 0 Å². The van der Waals surface area contributed by atoms with Crippen LogP contribution in [-0.4, -0.2) is 103 Å². The first-order valence-corrected chi connectivity index (χ1v) is 21.7. The summed E-state index contributed by atoms with van der Waals surface area (Å²) < 4.78 is 64.5. The minimum Gasteiger partial charge on any atom is -0.391 e. The third-order valence-corrected chi connectivity index (χ3v) is 11.0. The number of carbonyl (C=O) groups excluding carboxylic acids is 6. The molecule has 0 spiro atoms. The highest BCUT2D eigenvalue weighted by molar-refractivity contribution is 7.99. The van der Waals surface area contributed by atoms with Crippen molar-refractivity contribution in [3.05, 3.63) is 96.1 Å². The van der Waals surface area contributed by atoms with Gasteiger partial charge in [0.2, 0.25) is 23.6 Å². The maximum Gasteiger partial charge on any atom is 0.495 e. The number of azo groups is 1. The molecular formula is C39H46F3N7O11S2. The second-order valence-corrected chi connectivity index (χ2v) is 16.8. The van der Waals surface area contributed by atoms with Crippen molar-refractivity contribution in [1.29, 1.82) is 0 Å². The summed E-state index contributed by atoms with van der Waals surface area (Å²) in [5.41, 5.74) is 8.21. The summed E-state index contributed by atoms with van der Waals surface area (Å²) in [6.07, 6.45) is -7.79. The third kappa shape index (κ3) is 18.4. The van der Waals surface area contributed by atoms with Crippen molar-refractivity contribution in [2.75, 3.05) is 17.4 Å². The summed E-state index contributed by atoms with van der Waals surface area (Å²) in [5, 5.41) is 27.9. The molecule has 0 aliphatic rings. The molecule has 0 saturated carbocycles. The molecule has 62 heavy (non-hydrogen) atoms. The monoisotopic (exact) mass is 909 g/mol. The summed E-state index contributed by atoms with van der Waals surface area (Å²) in [6.45, 7) is 2.34. The Labute approximate surface area is 358 Å². The first-order chi connectivity index (χ1) is 29.2. The minimum atomic E-state index is -5.55. The Bertz CT molecular complexity index is 2120. The van der Waals surface area contributed by atoms with Gasteiger partial charge in [0.25, 0.3) is 0 Å². The number of nitrogens with one attached hydrogen (secondary N) is 4. The van der Waals surface area contributed by atoms with Gasteiger partial charge < -0.3 is 32.1 Å². The molecule has 0 aromatic heterocycles. The van der Waals surface area contributed by atoms with Crippen LogP contribution in [0.25, 0.3) is 0 Å². The number of rotatable bonds is 22. The number of carbonyl (C=O) groups is 6. The molecule has 3 rings (SSSR count). The van der Waals surface area contributed by atoms with Crippen LogP contribution in [0.4, 0.5) is 24.5 Å². The molecular weight excluding hydrogens is 864 g/mol. The van der Waals surface area contributed by atoms with Gasteiger partial charge in [0, 0.05) is 12.7 Å². The fourth-order valence-corrected chi connectivity index (χ4v) is 7.54. The van der Waals surface area contributed by atoms with E-state index < -0.39 is 106 Å². The van der Waals surface area contributed by atoms with Crippen LogP contribution in [0.1, 0.15) is 37.8 Å². The van der Waals surface area contributed by atoms with Gasteiger partial charge in [0.05, 0.1) is 40.9 Å². The molecule has 23 heteroatoms. The third-order valence-electron chi connectivity index (χ3n) is 8.38. The largest absolute Gasteiger partial charge is 0.495 e. The highest BCUT2D eigenvalue weighted by Gasteiger charge is 2.43. The molecule has 5 atom stereocenters. The quantitative estimate of drug-likeness (QED) is 0.0279. The van der Waals surface area contributed by atoms with Gasteiger partial charge in [-0.15, -0.1) is 11.8 Å². The number of aliphatic hydroxyl groups excluding tert-OH is 1. The van der Waals surface area contributed by atoms with E-state index in [9.17, 15) is 55.5 Å². The lowest BCUT2D eigenvalue weighted by Gasteiger charge is -2.26. The molecule has 18 nitrogen and oxygen atoms in total. The van der Waals surface area contributed by atoms with E-state index in [4.69, 9.17) is 5.73 Å². The molecule has 7 N–H and O–H groups in total. The van der Waals surface area contributed by atoms with E-state index in [1.807, 2.05) is 6.07 Å². The van der Waals surface area contributed by atoms with E-state index in [-0.39, 0.29) is 18.7 Å². The molecule has 0 bridgehead atoms. The van der Waals surface area contributed by atoms with E-state index >= 15 is 0 Å². The van der Waals surface area contributed by atoms with Crippen LogP contribution in [0.5, 0.6) is 0 Å². The van der Waals surface area contributed by atoms with Gasteiger partial charge in [-0.2, -0.15) is 23.4 Å². The molecule has 0 saturated heterocycles. The lowest BCUT2D eigenvalue weighted by Crippen LogP contribution is -2.60. The number of nitrogens with zero attached hydrogens (tertiary/aromatic N) is 2. The molecule has 0 aliphatic carbocycles. The summed E-state index contributed by atoms with van der Waals surface area (Å²) in [6, 6.07) is 17.3. The summed E-state index contributed by atoms with van der Waals surface area (Å²) in [7, 11) is -3.88. The maximum absolute atomic E-state index is 13.7. The number of aliphatic hydroxyl groups is 1. The average Bonchev–Trinajstić information content (AvgIpc) is 3.21. The van der Waals surface area contributed by atoms with Crippen LogP contribution in [0.2, 0.25) is 0 Å². The van der Waals surface area contributed by atoms with E-state index in [2.05, 4.69) is 41.3 Å². The predicted octanol–water partition coefficient (Wildman–Crippen LogP) is 2.59. The van der Waals surface area contributed by atoms with Gasteiger partial charge in [-0.25, -0.2) is 27.8 Å². The topological polar surface area (TPSA) is 274 Å². The second kappa shape index (κ2) is 24.5. The molecule has 0 heterocycles. The molecule has 0 fully saturated rings. The molecule has 0 unspecified atom stereocenters. The van der Waals surface area contributed by atoms with Crippen LogP contribution in [0, 0.1) is 0 Å². The minimum absolute atomic E-state index is 0.0552. The first-order valence-electron chi connectivity index (χ1n) is 18.7. The van der Waals surface area contributed by atoms with E-state index in [1.165, 1.54) is 6.92 Å². The van der Waals surface area contributed by atoms with Gasteiger partial charge in [-0.3, -0.25) is 19.2 Å². The molecule has 3 aromatic rings. The number of alkyl halides is 3. The van der Waals surface area contributed by atoms with E-state index in [1.54, 1.807) is 78.9 Å². The van der Waals surface area contributed by atoms with E-state index in [0.717, 1.165) is 18.7 Å². The zero-order valence-electron chi connectivity index (χ0n) is 33.4. The van der Waals surface area contributed by atoms with Crippen LogP contribution in [0.15, 0.2) is 95.2 Å². The Kier molecular flexibility index (Phi) is 19.9. The lowest BCUT2D eigenvalue weighted by molar-refractivity contribution is -0.286. The Morgan fingerprint density at radius 2 is 1.37 bits per heavy atom. The van der Waals surface area contributed by atoms with Crippen molar-refractivity contribution in [1.82, 2.24) is 21.3 Å². The normalized spacial score (nSPS) is 14.0. The van der Waals surface area contributed by atoms with Gasteiger partial charge >= 0.3 is 18.1 Å². The smallest absolute Gasteiger partial charge is 0.391 e. The van der Waals surface area contributed by atoms with Crippen molar-refractivity contribution in [2.45, 2.75) is 75.3 Å². The van der Waals surface area contributed by atoms with Crippen LogP contribution >= 0.6 is 11.8 Å².